The molecule has 1 nitrogen and oxygen atoms in total. The van der Waals surface area contributed by atoms with E-state index in [2.05, 4.69) is 69.9 Å². The first-order valence-corrected chi connectivity index (χ1v) is 9.46. The minimum Gasteiger partial charge on any atom is -0.302 e. The largest absolute Gasteiger partial charge is 0.302 e. The van der Waals surface area contributed by atoms with Crippen LogP contribution in [0.3, 0.4) is 0 Å². The van der Waals surface area contributed by atoms with Gasteiger partial charge in [0.1, 0.15) is 0 Å². The van der Waals surface area contributed by atoms with Crippen LogP contribution in [0.15, 0.2) is 46.3 Å². The third-order valence-corrected chi connectivity index (χ3v) is 5.95. The molecule has 0 radical (unpaired) electrons. The minimum atomic E-state index is 0.371. The standard InChI is InChI=1S/C18H22BrNS/c1-13(15-8-4-9-16(19)12-15)20-18(14-6-2-3-7-14)17-10-5-11-21-17/h4-5,8-14,18,20H,2-3,6-7H2,1H3/t13-,18?/m0/s1. The van der Waals surface area contributed by atoms with Crippen molar-refractivity contribution >= 4 is 27.3 Å². The van der Waals surface area contributed by atoms with E-state index < -0.39 is 0 Å². The van der Waals surface area contributed by atoms with Gasteiger partial charge in [0.15, 0.2) is 0 Å². The van der Waals surface area contributed by atoms with Crippen molar-refractivity contribution in [2.75, 3.05) is 0 Å². The van der Waals surface area contributed by atoms with Crippen LogP contribution in [0.2, 0.25) is 0 Å². The van der Waals surface area contributed by atoms with Gasteiger partial charge in [-0.3, -0.25) is 0 Å². The molecule has 3 heteroatoms. The summed E-state index contributed by atoms with van der Waals surface area (Å²) in [7, 11) is 0. The molecule has 1 aromatic heterocycles. The third-order valence-electron chi connectivity index (χ3n) is 4.50. The van der Waals surface area contributed by atoms with E-state index in [4.69, 9.17) is 0 Å². The highest BCUT2D eigenvalue weighted by Gasteiger charge is 2.28. The Morgan fingerprint density at radius 3 is 2.67 bits per heavy atom. The van der Waals surface area contributed by atoms with Gasteiger partial charge < -0.3 is 5.32 Å². The number of hydrogen-bond acceptors (Lipinski definition) is 2. The Kier molecular flexibility index (Phi) is 5.15. The molecule has 0 saturated heterocycles. The second kappa shape index (κ2) is 7.08. The van der Waals surface area contributed by atoms with E-state index in [1.54, 1.807) is 0 Å². The number of benzene rings is 1. The molecular weight excluding hydrogens is 342 g/mol. The van der Waals surface area contributed by atoms with E-state index in [0.29, 0.717) is 12.1 Å². The SMILES string of the molecule is C[C@H](NC(c1cccs1)C1CCCC1)c1cccc(Br)c1. The van der Waals surface area contributed by atoms with Crippen LogP contribution >= 0.6 is 27.3 Å². The lowest BCUT2D eigenvalue weighted by Crippen LogP contribution is -2.29. The molecule has 1 N–H and O–H groups in total. The summed E-state index contributed by atoms with van der Waals surface area (Å²) < 4.78 is 1.15. The van der Waals surface area contributed by atoms with Gasteiger partial charge in [0.05, 0.1) is 0 Å². The molecule has 1 heterocycles. The lowest BCUT2D eigenvalue weighted by Gasteiger charge is -2.28. The smallest absolute Gasteiger partial charge is 0.0448 e. The Labute approximate surface area is 139 Å². The summed E-state index contributed by atoms with van der Waals surface area (Å²) in [6, 6.07) is 14.0. The highest BCUT2D eigenvalue weighted by molar-refractivity contribution is 9.10. The van der Waals surface area contributed by atoms with Crippen molar-refractivity contribution in [1.82, 2.24) is 5.32 Å². The molecular formula is C18H22BrNS. The molecule has 0 bridgehead atoms. The van der Waals surface area contributed by atoms with E-state index in [1.807, 2.05) is 11.3 Å². The summed E-state index contributed by atoms with van der Waals surface area (Å²) in [6.07, 6.45) is 5.50. The van der Waals surface area contributed by atoms with Gasteiger partial charge in [-0.1, -0.05) is 47.0 Å². The Balaban J connectivity index is 1.77. The van der Waals surface area contributed by atoms with Crippen LogP contribution in [0.1, 0.15) is 55.1 Å². The average Bonchev–Trinajstić information content (AvgIpc) is 3.18. The van der Waals surface area contributed by atoms with E-state index in [-0.39, 0.29) is 0 Å². The van der Waals surface area contributed by atoms with Crippen LogP contribution in [-0.2, 0) is 0 Å². The van der Waals surface area contributed by atoms with E-state index in [1.165, 1.54) is 36.1 Å². The summed E-state index contributed by atoms with van der Waals surface area (Å²) in [5, 5.41) is 6.09. The van der Waals surface area contributed by atoms with E-state index in [0.717, 1.165) is 10.4 Å². The Morgan fingerprint density at radius 1 is 1.19 bits per heavy atom. The van der Waals surface area contributed by atoms with Crippen molar-refractivity contribution < 1.29 is 0 Å². The number of hydrogen-bond donors (Lipinski definition) is 1. The van der Waals surface area contributed by atoms with Crippen molar-refractivity contribution in [1.29, 1.82) is 0 Å². The maximum absolute atomic E-state index is 3.89. The van der Waals surface area contributed by atoms with Gasteiger partial charge in [0.2, 0.25) is 0 Å². The van der Waals surface area contributed by atoms with Crippen LogP contribution < -0.4 is 5.32 Å². The van der Waals surface area contributed by atoms with E-state index in [9.17, 15) is 0 Å². The number of halogens is 1. The van der Waals surface area contributed by atoms with Gasteiger partial charge in [-0.2, -0.15) is 0 Å². The van der Waals surface area contributed by atoms with Crippen molar-refractivity contribution in [2.24, 2.45) is 5.92 Å². The zero-order valence-corrected chi connectivity index (χ0v) is 14.8. The fourth-order valence-corrected chi connectivity index (χ4v) is 4.65. The van der Waals surface area contributed by atoms with Gasteiger partial charge in [-0.15, -0.1) is 11.3 Å². The molecule has 1 fully saturated rings. The summed E-state index contributed by atoms with van der Waals surface area (Å²) in [6.45, 7) is 2.28. The van der Waals surface area contributed by atoms with Crippen molar-refractivity contribution in [3.63, 3.8) is 0 Å². The van der Waals surface area contributed by atoms with Crippen molar-refractivity contribution in [3.8, 4) is 0 Å². The fraction of sp³-hybridized carbons (Fsp3) is 0.444. The summed E-state index contributed by atoms with van der Waals surface area (Å²) >= 11 is 5.46. The molecule has 0 amide bonds. The van der Waals surface area contributed by atoms with Gasteiger partial charge in [0.25, 0.3) is 0 Å². The van der Waals surface area contributed by atoms with Crippen LogP contribution in [0.25, 0.3) is 0 Å². The van der Waals surface area contributed by atoms with Gasteiger partial charge in [-0.25, -0.2) is 0 Å². The Bertz CT molecular complexity index is 560. The average molecular weight is 364 g/mol. The van der Waals surface area contributed by atoms with E-state index >= 15 is 0 Å². The van der Waals surface area contributed by atoms with Crippen LogP contribution in [0.4, 0.5) is 0 Å². The first kappa shape index (κ1) is 15.3. The quantitative estimate of drug-likeness (QED) is 0.677. The van der Waals surface area contributed by atoms with Crippen molar-refractivity contribution in [2.45, 2.75) is 44.7 Å². The summed E-state index contributed by atoms with van der Waals surface area (Å²) in [5.41, 5.74) is 1.35. The normalized spacial score (nSPS) is 18.8. The zero-order chi connectivity index (χ0) is 14.7. The second-order valence-electron chi connectivity index (χ2n) is 5.98. The number of rotatable bonds is 5. The highest BCUT2D eigenvalue weighted by Crippen LogP contribution is 2.38. The summed E-state index contributed by atoms with van der Waals surface area (Å²) in [5.74, 6) is 0.790. The molecule has 112 valence electrons. The molecule has 1 aromatic carbocycles. The maximum atomic E-state index is 3.89. The molecule has 1 aliphatic rings. The predicted molar refractivity (Wildman–Crippen MR) is 94.7 cm³/mol. The molecule has 2 atom stereocenters. The number of nitrogens with one attached hydrogen (secondary N) is 1. The van der Waals surface area contributed by atoms with Crippen LogP contribution in [0.5, 0.6) is 0 Å². The second-order valence-corrected chi connectivity index (χ2v) is 7.88. The maximum Gasteiger partial charge on any atom is 0.0448 e. The lowest BCUT2D eigenvalue weighted by molar-refractivity contribution is 0.343. The first-order valence-electron chi connectivity index (χ1n) is 7.79. The van der Waals surface area contributed by atoms with Crippen LogP contribution in [0, 0.1) is 5.92 Å². The van der Waals surface area contributed by atoms with Crippen LogP contribution in [-0.4, -0.2) is 0 Å². The molecule has 1 unspecified atom stereocenters. The van der Waals surface area contributed by atoms with Gasteiger partial charge in [-0.05, 0) is 54.8 Å². The third kappa shape index (κ3) is 3.77. The topological polar surface area (TPSA) is 12.0 Å². The minimum absolute atomic E-state index is 0.371. The fourth-order valence-electron chi connectivity index (χ4n) is 3.35. The molecule has 2 aromatic rings. The highest BCUT2D eigenvalue weighted by atomic mass is 79.9. The van der Waals surface area contributed by atoms with Gasteiger partial charge >= 0.3 is 0 Å². The zero-order valence-electron chi connectivity index (χ0n) is 12.4. The predicted octanol–water partition coefficient (Wildman–Crippen LogP) is 6.09. The first-order chi connectivity index (χ1) is 10.2. The molecule has 21 heavy (non-hydrogen) atoms. The lowest BCUT2D eigenvalue weighted by atomic mass is 9.95. The molecule has 1 saturated carbocycles. The summed E-state index contributed by atoms with van der Waals surface area (Å²) in [4.78, 5) is 1.49. The number of thiophene rings is 1. The monoisotopic (exact) mass is 363 g/mol. The molecule has 3 rings (SSSR count). The Hall–Kier alpha value is -0.640. The molecule has 1 aliphatic carbocycles. The van der Waals surface area contributed by atoms with Gasteiger partial charge in [0, 0.05) is 21.4 Å². The van der Waals surface area contributed by atoms with Crippen molar-refractivity contribution in [3.05, 3.63) is 56.7 Å². The Morgan fingerprint density at radius 2 is 2.00 bits per heavy atom. The molecule has 0 spiro atoms. The molecule has 0 aliphatic heterocycles.